The molecule has 12 rings (SSSR count). The Hall–Kier alpha value is -6.71. The minimum Gasteiger partial charge on any atom is -0.454 e. The first kappa shape index (κ1) is 44.1. The number of nitrogens with zero attached hydrogens (tertiary/aromatic N) is 1. The Kier molecular flexibility index (Phi) is 13.5. The lowest BCUT2D eigenvalue weighted by molar-refractivity contribution is 0.667. The van der Waals surface area contributed by atoms with Crippen LogP contribution in [-0.4, -0.2) is 0 Å². The van der Waals surface area contributed by atoms with E-state index in [-0.39, 0.29) is 0 Å². The summed E-state index contributed by atoms with van der Waals surface area (Å²) in [4.78, 5) is 2.25. The van der Waals surface area contributed by atoms with E-state index in [4.69, 9.17) is 8.83 Å². The van der Waals surface area contributed by atoms with Crippen molar-refractivity contribution in [1.82, 2.24) is 0 Å². The van der Waals surface area contributed by atoms with Gasteiger partial charge in [0.05, 0.1) is 9.26 Å². The number of para-hydroxylation sites is 4. The van der Waals surface area contributed by atoms with Crippen molar-refractivity contribution in [3.63, 3.8) is 0 Å². The van der Waals surface area contributed by atoms with E-state index in [0.717, 1.165) is 96.6 Å². The van der Waals surface area contributed by atoms with Crippen molar-refractivity contribution in [2.45, 2.75) is 6.42 Å². The molecule has 10 aromatic carbocycles. The molecule has 0 N–H and O–H groups in total. The molecular formula is C61H42Br2INO2. The Bertz CT molecular complexity index is 3490. The highest BCUT2D eigenvalue weighted by Gasteiger charge is 2.22. The molecular weight excluding hydrogens is 1070 g/mol. The van der Waals surface area contributed by atoms with E-state index in [1.807, 2.05) is 24.3 Å². The van der Waals surface area contributed by atoms with Crippen molar-refractivity contribution >= 4 is 115 Å². The molecule has 12 aromatic rings. The second kappa shape index (κ2) is 20.4. The average Bonchev–Trinajstić information content (AvgIpc) is 3.99. The van der Waals surface area contributed by atoms with Crippen LogP contribution in [0.1, 0.15) is 11.1 Å². The smallest absolute Gasteiger partial charge is 0.159 e. The van der Waals surface area contributed by atoms with Crippen molar-refractivity contribution in [3.8, 4) is 22.3 Å². The maximum absolute atomic E-state index is 6.70. The van der Waals surface area contributed by atoms with Gasteiger partial charge in [-0.3, -0.25) is 0 Å². The third kappa shape index (κ3) is 9.48. The van der Waals surface area contributed by atoms with Crippen LogP contribution in [0.4, 0.5) is 17.1 Å². The Morgan fingerprint density at radius 3 is 1.21 bits per heavy atom. The first-order valence-electron chi connectivity index (χ1n) is 22.0. The van der Waals surface area contributed by atoms with Gasteiger partial charge in [-0.15, -0.1) is 0 Å². The summed E-state index contributed by atoms with van der Waals surface area (Å²) in [6, 6.07) is 83.7. The molecule has 2 aromatic heterocycles. The monoisotopic (exact) mass is 1110 g/mol. The molecule has 0 unspecified atom stereocenters. The lowest BCUT2D eigenvalue weighted by Gasteiger charge is -2.25. The fraction of sp³-hybridized carbons (Fsp3) is 0.0164. The number of halogens is 3. The van der Waals surface area contributed by atoms with E-state index in [1.165, 1.54) is 16.7 Å². The molecule has 67 heavy (non-hydrogen) atoms. The van der Waals surface area contributed by atoms with Crippen LogP contribution < -0.4 is 4.90 Å². The molecule has 324 valence electrons. The van der Waals surface area contributed by atoms with E-state index in [9.17, 15) is 0 Å². The van der Waals surface area contributed by atoms with Crippen LogP contribution in [0.15, 0.2) is 260 Å². The quantitative estimate of drug-likeness (QED) is 0.149. The second-order valence-electron chi connectivity index (χ2n) is 16.0. The molecule has 2 heterocycles. The summed E-state index contributed by atoms with van der Waals surface area (Å²) in [6.45, 7) is 0. The maximum atomic E-state index is 6.70. The van der Waals surface area contributed by atoms with Crippen LogP contribution in [-0.2, 0) is 6.42 Å². The van der Waals surface area contributed by atoms with Gasteiger partial charge < -0.3 is 13.7 Å². The Balaban J connectivity index is 0.000000131. The zero-order valence-corrected chi connectivity index (χ0v) is 41.5. The van der Waals surface area contributed by atoms with E-state index in [2.05, 4.69) is 278 Å². The van der Waals surface area contributed by atoms with Gasteiger partial charge in [-0.25, -0.2) is 0 Å². The van der Waals surface area contributed by atoms with Crippen molar-refractivity contribution in [1.29, 1.82) is 0 Å². The van der Waals surface area contributed by atoms with Gasteiger partial charge in [0.1, 0.15) is 16.7 Å². The van der Waals surface area contributed by atoms with Crippen molar-refractivity contribution in [2.75, 3.05) is 4.90 Å². The van der Waals surface area contributed by atoms with Crippen LogP contribution in [0.25, 0.3) is 66.1 Å². The van der Waals surface area contributed by atoms with Crippen LogP contribution in [0.5, 0.6) is 0 Å². The molecule has 0 amide bonds. The molecule has 3 nitrogen and oxygen atoms in total. The number of furan rings is 2. The summed E-state index contributed by atoms with van der Waals surface area (Å²) in [5, 5.41) is 4.48. The number of anilines is 3. The summed E-state index contributed by atoms with van der Waals surface area (Å²) in [5.74, 6) is 0. The summed E-state index contributed by atoms with van der Waals surface area (Å²) in [7, 11) is 0. The van der Waals surface area contributed by atoms with E-state index in [0.29, 0.717) is 0 Å². The number of rotatable bonds is 7. The highest BCUT2D eigenvalue weighted by molar-refractivity contribution is 14.1. The van der Waals surface area contributed by atoms with Gasteiger partial charge >= 0.3 is 0 Å². The highest BCUT2D eigenvalue weighted by Crippen LogP contribution is 2.46. The third-order valence-corrected chi connectivity index (χ3v) is 13.8. The predicted molar refractivity (Wildman–Crippen MR) is 297 cm³/mol. The van der Waals surface area contributed by atoms with E-state index < -0.39 is 0 Å². The molecule has 0 aliphatic heterocycles. The third-order valence-electron chi connectivity index (χ3n) is 11.7. The summed E-state index contributed by atoms with van der Waals surface area (Å²) in [6.07, 6.45) is 1.03. The van der Waals surface area contributed by atoms with Gasteiger partial charge in [-0.2, -0.15) is 0 Å². The number of benzene rings is 10. The summed E-state index contributed by atoms with van der Waals surface area (Å²) in [5.41, 5.74) is 14.1. The van der Waals surface area contributed by atoms with Crippen LogP contribution >= 0.6 is 54.5 Å². The zero-order chi connectivity index (χ0) is 45.5. The van der Waals surface area contributed by atoms with Crippen molar-refractivity contribution in [3.05, 3.63) is 266 Å². The molecule has 0 saturated carbocycles. The standard InChI is InChI=1S/C30H20BrNO.C18H10BrIO.C13H12/c31-26-20-19-24(21-11-4-1-5-12-21)30-28(26)25-17-10-18-27(29(25)33-30)32(22-13-6-2-7-14-22)23-15-8-3-9-16-23;19-14-10-9-12(11-5-2-1-3-6-11)18-16(14)13-7-4-8-15(20)17(13)21-18;1-3-7-12(8-4-1)11-13-9-5-2-6-10-13/h1-20H;1-10H;1-10H,11H2. The molecule has 0 aliphatic carbocycles. The SMILES string of the molecule is Brc1ccc(-c2ccccc2)c2oc3c(I)cccc3c12.Brc1ccc(-c2ccccc2)c2oc3c(N(c4ccccc4)c4ccccc4)cccc3c12.c1ccc(Cc2ccccc2)cc1. The normalized spacial score (nSPS) is 11.0. The molecule has 6 heteroatoms. The molecule has 0 fully saturated rings. The average molecular weight is 1110 g/mol. The molecule has 0 bridgehead atoms. The largest absolute Gasteiger partial charge is 0.454 e. The summed E-state index contributed by atoms with van der Waals surface area (Å²) < 4.78 is 16.1. The minimum absolute atomic E-state index is 0.865. The van der Waals surface area contributed by atoms with Crippen LogP contribution in [0.3, 0.4) is 0 Å². The van der Waals surface area contributed by atoms with Crippen LogP contribution in [0, 0.1) is 3.57 Å². The van der Waals surface area contributed by atoms with Gasteiger partial charge in [0.25, 0.3) is 0 Å². The lowest BCUT2D eigenvalue weighted by Crippen LogP contribution is -2.09. The zero-order valence-electron chi connectivity index (χ0n) is 36.2. The molecule has 0 atom stereocenters. The number of fused-ring (bicyclic) bond motifs is 6. The molecule has 0 saturated heterocycles. The van der Waals surface area contributed by atoms with Gasteiger partial charge in [-0.05, 0) is 112 Å². The fourth-order valence-electron chi connectivity index (χ4n) is 8.55. The van der Waals surface area contributed by atoms with Gasteiger partial charge in [0.15, 0.2) is 5.58 Å². The highest BCUT2D eigenvalue weighted by atomic mass is 127. The van der Waals surface area contributed by atoms with E-state index >= 15 is 0 Å². The van der Waals surface area contributed by atoms with E-state index in [1.54, 1.807) is 0 Å². The maximum Gasteiger partial charge on any atom is 0.159 e. The Morgan fingerprint density at radius 2 is 0.746 bits per heavy atom. The Labute approximate surface area is 420 Å². The predicted octanol–water partition coefficient (Wildman–Crippen LogP) is 19.4. The molecule has 0 aliphatic rings. The minimum atomic E-state index is 0.865. The second-order valence-corrected chi connectivity index (χ2v) is 18.8. The first-order chi connectivity index (χ1) is 33.0. The van der Waals surface area contributed by atoms with Gasteiger partial charge in [0, 0.05) is 53.0 Å². The summed E-state index contributed by atoms with van der Waals surface area (Å²) >= 11 is 9.77. The lowest BCUT2D eigenvalue weighted by atomic mass is 10.0. The first-order valence-corrected chi connectivity index (χ1v) is 24.7. The Morgan fingerprint density at radius 1 is 0.358 bits per heavy atom. The molecule has 0 spiro atoms. The number of hydrogen-bond donors (Lipinski definition) is 0. The van der Waals surface area contributed by atoms with Gasteiger partial charge in [-0.1, -0.05) is 214 Å². The molecule has 0 radical (unpaired) electrons. The van der Waals surface area contributed by atoms with Crippen molar-refractivity contribution in [2.24, 2.45) is 0 Å². The van der Waals surface area contributed by atoms with Gasteiger partial charge in [0.2, 0.25) is 0 Å². The van der Waals surface area contributed by atoms with Crippen LogP contribution in [0.2, 0.25) is 0 Å². The topological polar surface area (TPSA) is 29.5 Å². The fourth-order valence-corrected chi connectivity index (χ4v) is 10.2. The number of hydrogen-bond acceptors (Lipinski definition) is 3. The van der Waals surface area contributed by atoms with Crippen molar-refractivity contribution < 1.29 is 8.83 Å².